The topological polar surface area (TPSA) is 113 Å². The van der Waals surface area contributed by atoms with Crippen molar-refractivity contribution in [2.24, 2.45) is 34.5 Å². The van der Waals surface area contributed by atoms with Gasteiger partial charge in [0.05, 0.1) is 13.0 Å². The molecule has 0 saturated heterocycles. The van der Waals surface area contributed by atoms with Crippen LogP contribution in [0.3, 0.4) is 0 Å². The third-order valence-electron chi connectivity index (χ3n) is 9.32. The molecule has 0 aromatic heterocycles. The molecule has 0 bridgehead atoms. The summed E-state index contributed by atoms with van der Waals surface area (Å²) in [6, 6.07) is 0. The number of ketones is 2. The first kappa shape index (κ1) is 25.3. The van der Waals surface area contributed by atoms with Crippen molar-refractivity contribution in [2.45, 2.75) is 65.4 Å². The zero-order valence-electron chi connectivity index (χ0n) is 21.1. The van der Waals surface area contributed by atoms with Crippen LogP contribution in [0.25, 0.3) is 0 Å². The summed E-state index contributed by atoms with van der Waals surface area (Å²) in [5.41, 5.74) is -1.79. The number of allylic oxidation sites excluding steroid dienone is 4. The molecule has 7 atom stereocenters. The Labute approximate surface area is 205 Å². The van der Waals surface area contributed by atoms with Gasteiger partial charge in [-0.05, 0) is 62.0 Å². The van der Waals surface area contributed by atoms with Crippen LogP contribution in [-0.2, 0) is 38.2 Å². The van der Waals surface area contributed by atoms with Gasteiger partial charge in [-0.2, -0.15) is 0 Å². The molecule has 6 unspecified atom stereocenters. The van der Waals surface area contributed by atoms with Gasteiger partial charge in [-0.3, -0.25) is 24.0 Å². The monoisotopic (exact) mass is 486 g/mol. The maximum absolute atomic E-state index is 13.6. The van der Waals surface area contributed by atoms with Crippen LogP contribution in [0, 0.1) is 34.5 Å². The number of rotatable bonds is 5. The highest BCUT2D eigenvalue weighted by molar-refractivity contribution is 6.01. The van der Waals surface area contributed by atoms with E-state index in [9.17, 15) is 24.0 Å². The maximum Gasteiger partial charge on any atom is 0.309 e. The summed E-state index contributed by atoms with van der Waals surface area (Å²) >= 11 is 0. The van der Waals surface area contributed by atoms with Gasteiger partial charge >= 0.3 is 17.9 Å². The molecular weight excluding hydrogens is 452 g/mol. The Bertz CT molecular complexity index is 1040. The van der Waals surface area contributed by atoms with Gasteiger partial charge in [0.25, 0.3) is 0 Å². The van der Waals surface area contributed by atoms with Gasteiger partial charge < -0.3 is 14.2 Å². The van der Waals surface area contributed by atoms with Crippen LogP contribution in [0.2, 0.25) is 0 Å². The Balaban J connectivity index is 1.81. The van der Waals surface area contributed by atoms with Crippen LogP contribution in [-0.4, -0.2) is 48.8 Å². The van der Waals surface area contributed by atoms with Crippen LogP contribution in [0.1, 0.15) is 59.8 Å². The fourth-order valence-electron chi connectivity index (χ4n) is 7.96. The van der Waals surface area contributed by atoms with Crippen LogP contribution in [0.4, 0.5) is 0 Å². The molecule has 0 radical (unpaired) electrons. The van der Waals surface area contributed by atoms with Gasteiger partial charge in [0.2, 0.25) is 5.78 Å². The largest absolute Gasteiger partial charge is 0.469 e. The molecule has 0 amide bonds. The van der Waals surface area contributed by atoms with E-state index in [1.807, 2.05) is 13.0 Å². The number of hydrogen-bond acceptors (Lipinski definition) is 8. The standard InChI is InChI=1S/C27H34O8/c1-15(28)34-14-22(31)27(35-16(2)29)11-9-21-19-7-6-17-12-18(30)8-10-25(17,3)23(19)20(24(32)33-5)13-26(21,27)4/h8,10,12,19-21,23H,6-7,9,11,13-14H2,1-5H3/t19?,20?,21?,23?,25?,26?,27-/m1/s1. The first-order chi connectivity index (χ1) is 16.4. The highest BCUT2D eigenvalue weighted by Gasteiger charge is 2.71. The van der Waals surface area contributed by atoms with Crippen LogP contribution < -0.4 is 0 Å². The normalized spacial score (nSPS) is 39.5. The Kier molecular flexibility index (Phi) is 6.31. The van der Waals surface area contributed by atoms with E-state index in [1.54, 1.807) is 12.2 Å². The van der Waals surface area contributed by atoms with E-state index in [0.717, 1.165) is 18.4 Å². The molecule has 190 valence electrons. The number of methoxy groups -OCH3 is 1. The van der Waals surface area contributed by atoms with Crippen molar-refractivity contribution in [1.29, 1.82) is 0 Å². The summed E-state index contributed by atoms with van der Waals surface area (Å²) < 4.78 is 16.1. The van der Waals surface area contributed by atoms with Gasteiger partial charge in [0.1, 0.15) is 0 Å². The third-order valence-corrected chi connectivity index (χ3v) is 9.32. The number of hydrogen-bond donors (Lipinski definition) is 0. The average Bonchev–Trinajstić information content (AvgIpc) is 3.09. The minimum Gasteiger partial charge on any atom is -0.469 e. The van der Waals surface area contributed by atoms with Crippen molar-refractivity contribution < 1.29 is 38.2 Å². The summed E-state index contributed by atoms with van der Waals surface area (Å²) in [5.74, 6) is -2.68. The fourth-order valence-corrected chi connectivity index (χ4v) is 7.96. The van der Waals surface area contributed by atoms with Crippen molar-refractivity contribution in [2.75, 3.05) is 13.7 Å². The number of ether oxygens (including phenoxy) is 3. The van der Waals surface area contributed by atoms with Crippen molar-refractivity contribution in [3.8, 4) is 0 Å². The molecular formula is C27H34O8. The van der Waals surface area contributed by atoms with Gasteiger partial charge in [-0.25, -0.2) is 0 Å². The fraction of sp³-hybridized carbons (Fsp3) is 0.667. The van der Waals surface area contributed by atoms with Gasteiger partial charge in [0.15, 0.2) is 18.0 Å². The first-order valence-electron chi connectivity index (χ1n) is 12.3. The lowest BCUT2D eigenvalue weighted by atomic mass is 9.44. The summed E-state index contributed by atoms with van der Waals surface area (Å²) in [7, 11) is 1.35. The molecule has 0 aromatic carbocycles. The number of Topliss-reactive ketones (excluding diaryl/α,β-unsaturated/α-hetero) is 1. The molecule has 0 aromatic rings. The van der Waals surface area contributed by atoms with Crippen molar-refractivity contribution in [3.05, 3.63) is 23.8 Å². The maximum atomic E-state index is 13.6. The molecule has 0 aliphatic heterocycles. The summed E-state index contributed by atoms with van der Waals surface area (Å²) in [5, 5.41) is 0. The van der Waals surface area contributed by atoms with Crippen molar-refractivity contribution in [1.82, 2.24) is 0 Å². The lowest BCUT2D eigenvalue weighted by Gasteiger charge is -2.60. The Hall–Kier alpha value is -2.77. The molecule has 0 heterocycles. The Morgan fingerprint density at radius 2 is 1.80 bits per heavy atom. The van der Waals surface area contributed by atoms with Gasteiger partial charge in [0, 0.05) is 24.7 Å². The lowest BCUT2D eigenvalue weighted by molar-refractivity contribution is -0.197. The second-order valence-electron chi connectivity index (χ2n) is 10.9. The Morgan fingerprint density at radius 3 is 2.43 bits per heavy atom. The minimum atomic E-state index is -1.49. The SMILES string of the molecule is COC(=O)C1CC2(C)C(CC[C@@]2(OC(C)=O)C(=O)COC(C)=O)C2CCC3=CC(=O)C=CC3(C)C12. The molecule has 4 aliphatic carbocycles. The van der Waals surface area contributed by atoms with Crippen LogP contribution in [0.5, 0.6) is 0 Å². The summed E-state index contributed by atoms with van der Waals surface area (Å²) in [6.45, 7) is 6.01. The first-order valence-corrected chi connectivity index (χ1v) is 12.3. The smallest absolute Gasteiger partial charge is 0.309 e. The number of esters is 3. The zero-order chi connectivity index (χ0) is 25.8. The average molecular weight is 487 g/mol. The molecule has 4 aliphatic rings. The van der Waals surface area contributed by atoms with Gasteiger partial charge in [-0.1, -0.05) is 25.5 Å². The second-order valence-corrected chi connectivity index (χ2v) is 10.9. The quantitative estimate of drug-likeness (QED) is 0.430. The van der Waals surface area contributed by atoms with Gasteiger partial charge in [-0.15, -0.1) is 0 Å². The Morgan fingerprint density at radius 1 is 1.09 bits per heavy atom. The molecule has 3 saturated carbocycles. The third kappa shape index (κ3) is 3.76. The van der Waals surface area contributed by atoms with Crippen molar-refractivity contribution in [3.63, 3.8) is 0 Å². The zero-order valence-corrected chi connectivity index (χ0v) is 21.1. The minimum absolute atomic E-state index is 0.00145. The second kappa shape index (κ2) is 8.71. The predicted octanol–water partition coefficient (Wildman–Crippen LogP) is 3.13. The van der Waals surface area contributed by atoms with Crippen molar-refractivity contribution >= 4 is 29.5 Å². The molecule has 8 nitrogen and oxygen atoms in total. The molecule has 8 heteroatoms. The number of carbonyl (C=O) groups excluding carboxylic acids is 5. The van der Waals surface area contributed by atoms with Crippen LogP contribution in [0.15, 0.2) is 23.8 Å². The summed E-state index contributed by atoms with van der Waals surface area (Å²) in [6.07, 6.45) is 7.91. The number of fused-ring (bicyclic) bond motifs is 5. The molecule has 35 heavy (non-hydrogen) atoms. The predicted molar refractivity (Wildman–Crippen MR) is 124 cm³/mol. The van der Waals surface area contributed by atoms with E-state index >= 15 is 0 Å². The molecule has 3 fully saturated rings. The van der Waals surface area contributed by atoms with E-state index in [2.05, 4.69) is 6.92 Å². The van der Waals surface area contributed by atoms with E-state index in [1.165, 1.54) is 21.0 Å². The molecule has 4 rings (SSSR count). The molecule has 0 N–H and O–H groups in total. The van der Waals surface area contributed by atoms with E-state index in [0.29, 0.717) is 12.8 Å². The van der Waals surface area contributed by atoms with E-state index < -0.39 is 46.7 Å². The van der Waals surface area contributed by atoms with E-state index in [-0.39, 0.29) is 35.9 Å². The number of carbonyl (C=O) groups is 5. The highest BCUT2D eigenvalue weighted by Crippen LogP contribution is 2.69. The van der Waals surface area contributed by atoms with Crippen LogP contribution >= 0.6 is 0 Å². The summed E-state index contributed by atoms with van der Waals surface area (Å²) in [4.78, 5) is 62.6. The van der Waals surface area contributed by atoms with E-state index in [4.69, 9.17) is 14.2 Å². The lowest BCUT2D eigenvalue weighted by Crippen LogP contribution is -2.62. The molecule has 0 spiro atoms. The highest BCUT2D eigenvalue weighted by atomic mass is 16.6.